The van der Waals surface area contributed by atoms with Crippen molar-refractivity contribution in [1.29, 1.82) is 0 Å². The standard InChI is InChI=1S/C23H43N3O6Si2/c1-15(27)30-18-16(14-29-33(8,9)22(2,3)4)31-20(26-13-12-17(24)25-21(26)28)19(18)32-34(10,11)23(5,6)7/h12-13,16,18-20H,14H2,1-11H3,(H2,24,25,28)/t16-,18+,19-,20-/m1/s1. The van der Waals surface area contributed by atoms with Gasteiger partial charge in [-0.2, -0.15) is 4.98 Å². The zero-order valence-electron chi connectivity index (χ0n) is 22.6. The van der Waals surface area contributed by atoms with Crippen molar-refractivity contribution in [2.75, 3.05) is 12.3 Å². The van der Waals surface area contributed by atoms with E-state index in [0.717, 1.165) is 0 Å². The van der Waals surface area contributed by atoms with Crippen LogP contribution in [0.1, 0.15) is 54.7 Å². The number of hydrogen-bond acceptors (Lipinski definition) is 8. The maximum atomic E-state index is 12.7. The molecule has 0 saturated carbocycles. The summed E-state index contributed by atoms with van der Waals surface area (Å²) in [7, 11) is -4.46. The normalized spacial score (nSPS) is 24.3. The molecule has 0 spiro atoms. The zero-order valence-corrected chi connectivity index (χ0v) is 24.6. The predicted octanol–water partition coefficient (Wildman–Crippen LogP) is 4.07. The van der Waals surface area contributed by atoms with Gasteiger partial charge in [0, 0.05) is 13.1 Å². The molecule has 9 nitrogen and oxygen atoms in total. The number of ether oxygens (including phenoxy) is 2. The second kappa shape index (κ2) is 9.84. The first kappa shape index (κ1) is 28.7. The molecule has 1 aromatic heterocycles. The fraction of sp³-hybridized carbons (Fsp3) is 0.783. The molecule has 0 aliphatic carbocycles. The maximum absolute atomic E-state index is 12.7. The Bertz CT molecular complexity index is 936. The Morgan fingerprint density at radius 3 is 2.12 bits per heavy atom. The minimum absolute atomic E-state index is 0.00318. The maximum Gasteiger partial charge on any atom is 0.351 e. The van der Waals surface area contributed by atoms with Gasteiger partial charge in [-0.05, 0) is 42.3 Å². The molecule has 1 fully saturated rings. The van der Waals surface area contributed by atoms with Crippen molar-refractivity contribution in [3.8, 4) is 0 Å². The van der Waals surface area contributed by atoms with Crippen molar-refractivity contribution < 1.29 is 23.1 Å². The van der Waals surface area contributed by atoms with E-state index in [9.17, 15) is 9.59 Å². The summed E-state index contributed by atoms with van der Waals surface area (Å²) in [5.74, 6) is -0.325. The van der Waals surface area contributed by atoms with Crippen LogP contribution in [0.3, 0.4) is 0 Å². The molecule has 0 radical (unpaired) electrons. The van der Waals surface area contributed by atoms with Crippen LogP contribution in [0.5, 0.6) is 0 Å². The van der Waals surface area contributed by atoms with Crippen molar-refractivity contribution in [2.45, 2.75) is 109 Å². The summed E-state index contributed by atoms with van der Waals surface area (Å²) in [4.78, 5) is 28.7. The van der Waals surface area contributed by atoms with Crippen molar-refractivity contribution in [1.82, 2.24) is 9.55 Å². The zero-order chi connectivity index (χ0) is 26.3. The van der Waals surface area contributed by atoms with E-state index >= 15 is 0 Å². The molecule has 1 aromatic rings. The Morgan fingerprint density at radius 2 is 1.65 bits per heavy atom. The molecule has 0 aromatic carbocycles. The number of carbonyl (C=O) groups excluding carboxylic acids is 1. The third-order valence-corrected chi connectivity index (χ3v) is 16.3. The second-order valence-corrected chi connectivity index (χ2v) is 21.7. The molecular formula is C23H43N3O6Si2. The lowest BCUT2D eigenvalue weighted by molar-refractivity contribution is -0.153. The van der Waals surface area contributed by atoms with E-state index in [-0.39, 0.29) is 22.5 Å². The van der Waals surface area contributed by atoms with Crippen LogP contribution in [0, 0.1) is 0 Å². The van der Waals surface area contributed by atoms with E-state index in [1.54, 1.807) is 6.20 Å². The quantitative estimate of drug-likeness (QED) is 0.429. The minimum atomic E-state index is -2.35. The third kappa shape index (κ3) is 6.36. The van der Waals surface area contributed by atoms with Crippen LogP contribution in [0.4, 0.5) is 5.82 Å². The van der Waals surface area contributed by atoms with Crippen LogP contribution >= 0.6 is 0 Å². The van der Waals surface area contributed by atoms with Crippen LogP contribution in [0.2, 0.25) is 36.3 Å². The molecule has 0 unspecified atom stereocenters. The van der Waals surface area contributed by atoms with Gasteiger partial charge in [-0.1, -0.05) is 41.5 Å². The summed E-state index contributed by atoms with van der Waals surface area (Å²) < 4.78 is 26.6. The first-order valence-electron chi connectivity index (χ1n) is 11.8. The van der Waals surface area contributed by atoms with Gasteiger partial charge in [0.25, 0.3) is 0 Å². The first-order chi connectivity index (χ1) is 15.3. The van der Waals surface area contributed by atoms with Gasteiger partial charge in [-0.15, -0.1) is 0 Å². The molecule has 194 valence electrons. The van der Waals surface area contributed by atoms with E-state index < -0.39 is 52.8 Å². The van der Waals surface area contributed by atoms with Crippen molar-refractivity contribution in [2.24, 2.45) is 0 Å². The van der Waals surface area contributed by atoms with E-state index in [1.807, 2.05) is 0 Å². The molecular weight excluding hydrogens is 470 g/mol. The van der Waals surface area contributed by atoms with E-state index in [4.69, 9.17) is 24.1 Å². The average molecular weight is 514 g/mol. The number of aromatic nitrogens is 2. The van der Waals surface area contributed by atoms with Gasteiger partial charge in [-0.3, -0.25) is 9.36 Å². The number of nitrogens with two attached hydrogens (primary N) is 1. The summed E-state index contributed by atoms with van der Waals surface area (Å²) in [6.45, 7) is 22.9. The highest BCUT2D eigenvalue weighted by Gasteiger charge is 2.53. The number of anilines is 1. The fourth-order valence-corrected chi connectivity index (χ4v) is 5.47. The lowest BCUT2D eigenvalue weighted by Gasteiger charge is -2.40. The van der Waals surface area contributed by atoms with Gasteiger partial charge in [0.05, 0.1) is 6.61 Å². The third-order valence-electron chi connectivity index (χ3n) is 7.36. The highest BCUT2D eigenvalue weighted by molar-refractivity contribution is 6.74. The highest BCUT2D eigenvalue weighted by Crippen LogP contribution is 2.43. The summed E-state index contributed by atoms with van der Waals surface area (Å²) in [6.07, 6.45) is -1.36. The Labute approximate surface area is 205 Å². The molecule has 2 N–H and O–H groups in total. The smallest absolute Gasteiger partial charge is 0.351 e. The molecule has 2 heterocycles. The van der Waals surface area contributed by atoms with Crippen LogP contribution in [-0.4, -0.2) is 57.1 Å². The van der Waals surface area contributed by atoms with Gasteiger partial charge in [0.1, 0.15) is 18.0 Å². The van der Waals surface area contributed by atoms with E-state index in [0.29, 0.717) is 0 Å². The number of rotatable bonds is 7. The van der Waals surface area contributed by atoms with Crippen LogP contribution < -0.4 is 11.4 Å². The van der Waals surface area contributed by atoms with Gasteiger partial charge in [0.2, 0.25) is 0 Å². The van der Waals surface area contributed by atoms with Gasteiger partial charge in [0.15, 0.2) is 29.0 Å². The lowest BCUT2D eigenvalue weighted by atomic mass is 10.1. The highest BCUT2D eigenvalue weighted by atomic mass is 28.4. The topological polar surface area (TPSA) is 115 Å². The number of hydrogen-bond donors (Lipinski definition) is 1. The van der Waals surface area contributed by atoms with Crippen LogP contribution in [0.25, 0.3) is 0 Å². The van der Waals surface area contributed by atoms with Crippen molar-refractivity contribution in [3.05, 3.63) is 22.7 Å². The molecule has 0 bridgehead atoms. The number of esters is 1. The molecule has 0 amide bonds. The van der Waals surface area contributed by atoms with Gasteiger partial charge < -0.3 is 24.1 Å². The van der Waals surface area contributed by atoms with E-state index in [2.05, 4.69) is 72.7 Å². The first-order valence-corrected chi connectivity index (χ1v) is 17.6. The van der Waals surface area contributed by atoms with Crippen molar-refractivity contribution >= 4 is 28.4 Å². The Kier molecular flexibility index (Phi) is 8.31. The number of carbonyl (C=O) groups is 1. The largest absolute Gasteiger partial charge is 0.457 e. The Morgan fingerprint density at radius 1 is 1.09 bits per heavy atom. The fourth-order valence-electron chi connectivity index (χ4n) is 3.17. The molecule has 1 aliphatic rings. The second-order valence-electron chi connectivity index (χ2n) is 12.1. The summed E-state index contributed by atoms with van der Waals surface area (Å²) in [6, 6.07) is 1.54. The van der Waals surface area contributed by atoms with Gasteiger partial charge in [-0.25, -0.2) is 4.79 Å². The molecule has 1 saturated heterocycles. The SMILES string of the molecule is CC(=O)O[C@@H]1[C@@H](O[Si](C)(C)C(C)(C)C)[C@H](n2ccc(N)nc2=O)O[C@@H]1CO[Si](C)(C)C(C)(C)C. The van der Waals surface area contributed by atoms with Crippen LogP contribution in [0.15, 0.2) is 17.1 Å². The average Bonchev–Trinajstić information content (AvgIpc) is 2.94. The van der Waals surface area contributed by atoms with Crippen molar-refractivity contribution in [3.63, 3.8) is 0 Å². The van der Waals surface area contributed by atoms with E-state index in [1.165, 1.54) is 17.6 Å². The molecule has 4 atom stereocenters. The molecule has 2 rings (SSSR count). The summed E-state index contributed by atoms with van der Waals surface area (Å²) in [5, 5.41) is -0.116. The lowest BCUT2D eigenvalue weighted by Crippen LogP contribution is -2.51. The predicted molar refractivity (Wildman–Crippen MR) is 138 cm³/mol. The van der Waals surface area contributed by atoms with Gasteiger partial charge >= 0.3 is 11.7 Å². The number of nitrogen functional groups attached to an aromatic ring is 1. The minimum Gasteiger partial charge on any atom is -0.457 e. The molecule has 11 heteroatoms. The molecule has 34 heavy (non-hydrogen) atoms. The summed E-state index contributed by atoms with van der Waals surface area (Å²) in [5.41, 5.74) is 5.15. The Hall–Kier alpha value is -1.54. The summed E-state index contributed by atoms with van der Waals surface area (Å²) >= 11 is 0. The Balaban J connectivity index is 2.51. The van der Waals surface area contributed by atoms with Crippen LogP contribution in [-0.2, 0) is 23.1 Å². The number of nitrogens with zero attached hydrogens (tertiary/aromatic N) is 2. The monoisotopic (exact) mass is 513 g/mol. The molecule has 1 aliphatic heterocycles.